The predicted molar refractivity (Wildman–Crippen MR) is 128 cm³/mol. The van der Waals surface area contributed by atoms with Crippen LogP contribution in [0.25, 0.3) is 16.5 Å². The first-order valence-electron chi connectivity index (χ1n) is 10.4. The third-order valence-electron chi connectivity index (χ3n) is 5.78. The van der Waals surface area contributed by atoms with Crippen LogP contribution >= 0.6 is 11.6 Å². The molecule has 0 radical (unpaired) electrons. The van der Waals surface area contributed by atoms with E-state index in [0.717, 1.165) is 39.0 Å². The van der Waals surface area contributed by atoms with Crippen molar-refractivity contribution < 1.29 is 4.92 Å². The number of hydrogen-bond donors (Lipinski definition) is 0. The van der Waals surface area contributed by atoms with Gasteiger partial charge in [0.25, 0.3) is 0 Å². The van der Waals surface area contributed by atoms with Crippen LogP contribution in [0.3, 0.4) is 0 Å². The average molecular weight is 442 g/mol. The third kappa shape index (κ3) is 3.95. The van der Waals surface area contributed by atoms with E-state index in [-0.39, 0.29) is 17.4 Å². The van der Waals surface area contributed by atoms with Crippen molar-refractivity contribution in [2.45, 2.75) is 12.5 Å². The Hall–Kier alpha value is -3.70. The number of halogens is 1. The Morgan fingerprint density at radius 2 is 1.69 bits per heavy atom. The van der Waals surface area contributed by atoms with Gasteiger partial charge in [-0.25, -0.2) is 4.98 Å². The number of fused-ring (bicyclic) bond motifs is 2. The van der Waals surface area contributed by atoms with Gasteiger partial charge >= 0.3 is 0 Å². The molecule has 1 aliphatic heterocycles. The van der Waals surface area contributed by atoms with E-state index in [2.05, 4.69) is 4.90 Å². The Labute approximate surface area is 190 Å². The second kappa shape index (κ2) is 8.44. The van der Waals surface area contributed by atoms with Crippen LogP contribution in [-0.4, -0.2) is 16.5 Å². The fourth-order valence-corrected chi connectivity index (χ4v) is 4.40. The van der Waals surface area contributed by atoms with Gasteiger partial charge in [-0.05, 0) is 41.5 Å². The van der Waals surface area contributed by atoms with E-state index in [1.165, 1.54) is 0 Å². The van der Waals surface area contributed by atoms with E-state index in [1.54, 1.807) is 0 Å². The molecule has 158 valence electrons. The molecule has 0 saturated carbocycles. The molecule has 0 spiro atoms. The van der Waals surface area contributed by atoms with Gasteiger partial charge in [0.2, 0.25) is 6.54 Å². The summed E-state index contributed by atoms with van der Waals surface area (Å²) in [4.78, 5) is 18.3. The highest BCUT2D eigenvalue weighted by atomic mass is 35.5. The minimum atomic E-state index is -0.378. The molecule has 1 aromatic heterocycles. The van der Waals surface area contributed by atoms with Crippen LogP contribution in [-0.2, 0) is 6.54 Å². The van der Waals surface area contributed by atoms with Crippen molar-refractivity contribution in [1.82, 2.24) is 4.98 Å². The minimum absolute atomic E-state index is 0.188. The number of rotatable bonds is 5. The summed E-state index contributed by atoms with van der Waals surface area (Å²) in [6.07, 6.45) is 2.02. The lowest BCUT2D eigenvalue weighted by molar-refractivity contribution is -0.481. The summed E-state index contributed by atoms with van der Waals surface area (Å²) in [7, 11) is 0. The first-order chi connectivity index (χ1) is 15.6. The summed E-state index contributed by atoms with van der Waals surface area (Å²) in [6.45, 7) is 0.433. The van der Waals surface area contributed by atoms with Crippen LogP contribution in [0, 0.1) is 10.1 Å². The molecule has 1 aliphatic rings. The zero-order chi connectivity index (χ0) is 22.1. The van der Waals surface area contributed by atoms with Crippen LogP contribution in [0.4, 0.5) is 5.69 Å². The second-order valence-corrected chi connectivity index (χ2v) is 8.29. The van der Waals surface area contributed by atoms with Gasteiger partial charge in [-0.15, -0.1) is 0 Å². The molecule has 5 rings (SSSR count). The molecule has 0 amide bonds. The number of pyridine rings is 1. The minimum Gasteiger partial charge on any atom is -0.343 e. The number of hydrogen-bond acceptors (Lipinski definition) is 4. The number of aromatic nitrogens is 1. The second-order valence-electron chi connectivity index (χ2n) is 7.85. The topological polar surface area (TPSA) is 59.3 Å². The van der Waals surface area contributed by atoms with Crippen LogP contribution in [0.1, 0.15) is 22.7 Å². The van der Waals surface area contributed by atoms with Crippen LogP contribution in [0.15, 0.2) is 91.1 Å². The summed E-state index contributed by atoms with van der Waals surface area (Å²) in [6, 6.07) is 27.5. The molecule has 6 heteroatoms. The largest absolute Gasteiger partial charge is 0.343 e. The van der Waals surface area contributed by atoms with Gasteiger partial charge in [-0.1, -0.05) is 66.2 Å². The smallest absolute Gasteiger partial charge is 0.214 e. The Balaban J connectivity index is 1.64. The van der Waals surface area contributed by atoms with Crippen molar-refractivity contribution in [2.24, 2.45) is 0 Å². The lowest BCUT2D eigenvalue weighted by atomic mass is 9.85. The first-order valence-corrected chi connectivity index (χ1v) is 10.8. The lowest BCUT2D eigenvalue weighted by Crippen LogP contribution is -2.27. The molecule has 0 aliphatic carbocycles. The maximum Gasteiger partial charge on any atom is 0.214 e. The van der Waals surface area contributed by atoms with E-state index < -0.39 is 0 Å². The maximum absolute atomic E-state index is 11.6. The van der Waals surface area contributed by atoms with Crippen LogP contribution < -0.4 is 4.90 Å². The van der Waals surface area contributed by atoms with Crippen molar-refractivity contribution in [1.29, 1.82) is 0 Å². The summed E-state index contributed by atoms with van der Waals surface area (Å²) in [5.74, 6) is -0.378. The monoisotopic (exact) mass is 441 g/mol. The molecule has 4 aromatic rings. The molecular formula is C26H20ClN3O2. The van der Waals surface area contributed by atoms with Crippen molar-refractivity contribution in [3.63, 3.8) is 0 Å². The molecule has 2 heterocycles. The van der Waals surface area contributed by atoms with Crippen LogP contribution in [0.2, 0.25) is 5.02 Å². The fourth-order valence-electron chi connectivity index (χ4n) is 4.27. The van der Waals surface area contributed by atoms with E-state index >= 15 is 0 Å². The number of nitro groups is 1. The summed E-state index contributed by atoms with van der Waals surface area (Å²) in [5, 5.41) is 13.3. The van der Waals surface area contributed by atoms with Gasteiger partial charge in [-0.3, -0.25) is 10.1 Å². The maximum atomic E-state index is 11.6. The molecule has 0 bridgehead atoms. The van der Waals surface area contributed by atoms with Gasteiger partial charge in [0.05, 0.1) is 17.1 Å². The SMILES string of the molecule is O=[N+]([O-])CC1C(c2ccc3ccccc3n2)=CN(Cc2ccc(Cl)cc2)c2ccccc21. The van der Waals surface area contributed by atoms with E-state index in [9.17, 15) is 10.1 Å². The molecule has 0 fully saturated rings. The number of benzene rings is 3. The fraction of sp³-hybridized carbons (Fsp3) is 0.115. The highest BCUT2D eigenvalue weighted by Crippen LogP contribution is 2.42. The quantitative estimate of drug-likeness (QED) is 0.269. The predicted octanol–water partition coefficient (Wildman–Crippen LogP) is 6.31. The lowest BCUT2D eigenvalue weighted by Gasteiger charge is -2.33. The van der Waals surface area contributed by atoms with Gasteiger partial charge < -0.3 is 4.90 Å². The standard InChI is InChI=1S/C26H20ClN3O2/c27-20-12-9-18(10-13-20)15-29-16-23(25-14-11-19-5-1-3-7-24(19)28-25)22(17-30(31)32)21-6-2-4-8-26(21)29/h1-14,16,22H,15,17H2. The molecule has 0 saturated heterocycles. The molecular weight excluding hydrogens is 422 g/mol. The molecule has 0 N–H and O–H groups in total. The van der Waals surface area contributed by atoms with Crippen LogP contribution in [0.5, 0.6) is 0 Å². The Bertz CT molecular complexity index is 1330. The first kappa shape index (κ1) is 20.2. The molecule has 1 atom stereocenters. The molecule has 1 unspecified atom stereocenters. The Kier molecular flexibility index (Phi) is 5.33. The Morgan fingerprint density at radius 1 is 0.938 bits per heavy atom. The third-order valence-corrected chi connectivity index (χ3v) is 6.04. The zero-order valence-corrected chi connectivity index (χ0v) is 17.9. The van der Waals surface area contributed by atoms with Crippen molar-refractivity contribution in [3.8, 4) is 0 Å². The summed E-state index contributed by atoms with van der Waals surface area (Å²) >= 11 is 6.06. The highest BCUT2D eigenvalue weighted by Gasteiger charge is 2.32. The van der Waals surface area contributed by atoms with E-state index in [4.69, 9.17) is 16.6 Å². The van der Waals surface area contributed by atoms with Crippen molar-refractivity contribution in [2.75, 3.05) is 11.4 Å². The normalized spacial score (nSPS) is 15.3. The van der Waals surface area contributed by atoms with E-state index in [1.807, 2.05) is 91.1 Å². The molecule has 32 heavy (non-hydrogen) atoms. The number of anilines is 1. The average Bonchev–Trinajstić information content (AvgIpc) is 2.81. The van der Waals surface area contributed by atoms with Gasteiger partial charge in [-0.2, -0.15) is 0 Å². The zero-order valence-electron chi connectivity index (χ0n) is 17.2. The number of para-hydroxylation sites is 2. The Morgan fingerprint density at radius 3 is 2.50 bits per heavy atom. The summed E-state index contributed by atoms with van der Waals surface area (Å²) in [5.41, 5.74) is 5.48. The van der Waals surface area contributed by atoms with Gasteiger partial charge in [0, 0.05) is 39.3 Å². The van der Waals surface area contributed by atoms with Gasteiger partial charge in [0.1, 0.15) is 0 Å². The van der Waals surface area contributed by atoms with Crippen molar-refractivity contribution >= 4 is 33.8 Å². The van der Waals surface area contributed by atoms with E-state index in [0.29, 0.717) is 11.6 Å². The molecule has 5 nitrogen and oxygen atoms in total. The highest BCUT2D eigenvalue weighted by molar-refractivity contribution is 6.30. The van der Waals surface area contributed by atoms with Crippen molar-refractivity contribution in [3.05, 3.63) is 123 Å². The summed E-state index contributed by atoms with van der Waals surface area (Å²) < 4.78 is 0. The molecule has 3 aromatic carbocycles. The van der Waals surface area contributed by atoms with Gasteiger partial charge in [0.15, 0.2) is 0 Å². The number of nitrogens with zero attached hydrogens (tertiary/aromatic N) is 3.